The van der Waals surface area contributed by atoms with Crippen molar-refractivity contribution in [1.82, 2.24) is 21.3 Å². The van der Waals surface area contributed by atoms with E-state index in [1.807, 2.05) is 13.1 Å². The smallest absolute Gasteiger partial charge is 0.173 e. The summed E-state index contributed by atoms with van der Waals surface area (Å²) in [6.45, 7) is 6.63. The topological polar surface area (TPSA) is 72.6 Å². The molecule has 3 saturated heterocycles. The Morgan fingerprint density at radius 2 is 2.00 bits per heavy atom. The number of hydrogen-bond acceptors (Lipinski definition) is 7. The molecule has 0 spiro atoms. The predicted molar refractivity (Wildman–Crippen MR) is 108 cm³/mol. The first-order valence-electron chi connectivity index (χ1n) is 10.5. The van der Waals surface area contributed by atoms with Crippen molar-refractivity contribution in [3.05, 3.63) is 17.4 Å². The number of halogens is 1. The zero-order valence-electron chi connectivity index (χ0n) is 16.6. The molecule has 5 N–H and O–H groups in total. The number of ether oxygens (including phenoxy) is 1. The Kier molecular flexibility index (Phi) is 4.82. The standard InChI is InChI=1S/C20H31FN6O/c1-11-5-16(22-2)26-20(24-11)25-15-6-12-3-4-28-19(12)18(17(15)21)27-9-13-7-23-8-14(13)10-27/h6,11,13-14,16,20,22-26H,3-5,7-10H2,1-2H3/t11?,13-,14+,16?,20?. The van der Waals surface area contributed by atoms with Crippen molar-refractivity contribution < 1.29 is 9.13 Å². The monoisotopic (exact) mass is 390 g/mol. The van der Waals surface area contributed by atoms with Crippen LogP contribution in [0.4, 0.5) is 15.8 Å². The normalized spacial score (nSPS) is 34.2. The zero-order chi connectivity index (χ0) is 19.3. The van der Waals surface area contributed by atoms with Crippen molar-refractivity contribution in [1.29, 1.82) is 0 Å². The second kappa shape index (κ2) is 7.33. The van der Waals surface area contributed by atoms with Crippen molar-refractivity contribution in [3.63, 3.8) is 0 Å². The lowest BCUT2D eigenvalue weighted by Gasteiger charge is -2.37. The van der Waals surface area contributed by atoms with E-state index >= 15 is 4.39 Å². The molecule has 5 atom stereocenters. The van der Waals surface area contributed by atoms with Gasteiger partial charge in [-0.2, -0.15) is 0 Å². The molecule has 1 aromatic carbocycles. The summed E-state index contributed by atoms with van der Waals surface area (Å²) in [6.07, 6.45) is 1.82. The lowest BCUT2D eigenvalue weighted by Crippen LogP contribution is -2.63. The Bertz CT molecular complexity index is 734. The number of hydrogen-bond donors (Lipinski definition) is 5. The van der Waals surface area contributed by atoms with E-state index in [-0.39, 0.29) is 18.3 Å². The van der Waals surface area contributed by atoms with Gasteiger partial charge in [0.2, 0.25) is 0 Å². The van der Waals surface area contributed by atoms with Gasteiger partial charge in [-0.1, -0.05) is 0 Å². The second-order valence-electron chi connectivity index (χ2n) is 8.65. The summed E-state index contributed by atoms with van der Waals surface area (Å²) in [6, 6.07) is 2.26. The van der Waals surface area contributed by atoms with Crippen molar-refractivity contribution in [2.24, 2.45) is 11.8 Å². The molecule has 0 aliphatic carbocycles. The molecular formula is C20H31FN6O. The van der Waals surface area contributed by atoms with E-state index in [0.29, 0.717) is 35.9 Å². The van der Waals surface area contributed by atoms with Gasteiger partial charge >= 0.3 is 0 Å². The van der Waals surface area contributed by atoms with Gasteiger partial charge in [-0.05, 0) is 38.3 Å². The Morgan fingerprint density at radius 1 is 1.21 bits per heavy atom. The minimum Gasteiger partial charge on any atom is -0.491 e. The summed E-state index contributed by atoms with van der Waals surface area (Å²) in [5, 5.41) is 17.0. The van der Waals surface area contributed by atoms with Crippen LogP contribution in [0.25, 0.3) is 0 Å². The number of anilines is 2. The Labute approximate surface area is 165 Å². The van der Waals surface area contributed by atoms with Crippen LogP contribution in [0.2, 0.25) is 0 Å². The molecule has 154 valence electrons. The van der Waals surface area contributed by atoms with Crippen LogP contribution in [0.1, 0.15) is 18.9 Å². The van der Waals surface area contributed by atoms with Gasteiger partial charge in [-0.25, -0.2) is 4.39 Å². The van der Waals surface area contributed by atoms with Crippen molar-refractivity contribution in [3.8, 4) is 5.75 Å². The second-order valence-corrected chi connectivity index (χ2v) is 8.65. The fourth-order valence-electron chi connectivity index (χ4n) is 5.18. The molecule has 4 aliphatic rings. The third-order valence-corrected chi connectivity index (χ3v) is 6.65. The molecule has 0 aromatic heterocycles. The van der Waals surface area contributed by atoms with Crippen LogP contribution >= 0.6 is 0 Å². The van der Waals surface area contributed by atoms with Crippen molar-refractivity contribution in [2.45, 2.75) is 38.3 Å². The van der Waals surface area contributed by atoms with Gasteiger partial charge in [0.05, 0.1) is 18.5 Å². The molecule has 5 rings (SSSR count). The van der Waals surface area contributed by atoms with E-state index in [2.05, 4.69) is 38.4 Å². The maximum atomic E-state index is 15.7. The highest BCUT2D eigenvalue weighted by molar-refractivity contribution is 5.72. The lowest BCUT2D eigenvalue weighted by molar-refractivity contribution is 0.249. The zero-order valence-corrected chi connectivity index (χ0v) is 16.6. The van der Waals surface area contributed by atoms with E-state index in [9.17, 15) is 0 Å². The summed E-state index contributed by atoms with van der Waals surface area (Å²) < 4.78 is 21.6. The van der Waals surface area contributed by atoms with E-state index in [1.165, 1.54) is 0 Å². The van der Waals surface area contributed by atoms with Crippen molar-refractivity contribution >= 4 is 11.4 Å². The SMILES string of the molecule is CNC1CC(C)NC(Nc2cc3c(c(N4C[C@H]5CNC[C@H]5C4)c2F)OCC3)N1. The van der Waals surface area contributed by atoms with E-state index in [4.69, 9.17) is 4.74 Å². The number of nitrogens with one attached hydrogen (secondary N) is 5. The molecule has 4 aliphatic heterocycles. The molecule has 0 radical (unpaired) electrons. The average molecular weight is 391 g/mol. The largest absolute Gasteiger partial charge is 0.491 e. The fraction of sp³-hybridized carbons (Fsp3) is 0.700. The maximum Gasteiger partial charge on any atom is 0.173 e. The quantitative estimate of drug-likeness (QED) is 0.517. The number of fused-ring (bicyclic) bond motifs is 2. The van der Waals surface area contributed by atoms with Crippen LogP contribution < -0.4 is 36.2 Å². The maximum absolute atomic E-state index is 15.7. The molecule has 4 heterocycles. The summed E-state index contributed by atoms with van der Waals surface area (Å²) in [5.41, 5.74) is 2.30. The first kappa shape index (κ1) is 18.4. The number of rotatable bonds is 4. The molecule has 0 bridgehead atoms. The molecule has 0 saturated carbocycles. The lowest BCUT2D eigenvalue weighted by atomic mass is 10.0. The summed E-state index contributed by atoms with van der Waals surface area (Å²) in [4.78, 5) is 2.21. The number of benzene rings is 1. The van der Waals surface area contributed by atoms with Gasteiger partial charge in [0.15, 0.2) is 5.82 Å². The van der Waals surface area contributed by atoms with Crippen LogP contribution in [0.15, 0.2) is 6.07 Å². The first-order valence-corrected chi connectivity index (χ1v) is 10.5. The summed E-state index contributed by atoms with van der Waals surface area (Å²) in [7, 11) is 1.94. The van der Waals surface area contributed by atoms with Crippen LogP contribution in [0.5, 0.6) is 5.75 Å². The highest BCUT2D eigenvalue weighted by Crippen LogP contribution is 2.45. The molecule has 7 nitrogen and oxygen atoms in total. The molecule has 3 unspecified atom stereocenters. The molecular weight excluding hydrogens is 359 g/mol. The van der Waals surface area contributed by atoms with E-state index < -0.39 is 0 Å². The molecule has 3 fully saturated rings. The van der Waals surface area contributed by atoms with E-state index in [0.717, 1.165) is 50.3 Å². The highest BCUT2D eigenvalue weighted by atomic mass is 19.1. The van der Waals surface area contributed by atoms with Gasteiger partial charge in [-0.15, -0.1) is 0 Å². The average Bonchev–Trinajstić information content (AvgIpc) is 3.37. The summed E-state index contributed by atoms with van der Waals surface area (Å²) in [5.74, 6) is 1.76. The predicted octanol–water partition coefficient (Wildman–Crippen LogP) is 0.629. The van der Waals surface area contributed by atoms with Crippen LogP contribution in [-0.4, -0.2) is 58.3 Å². The third-order valence-electron chi connectivity index (χ3n) is 6.65. The van der Waals surface area contributed by atoms with Gasteiger partial charge in [0.25, 0.3) is 0 Å². The van der Waals surface area contributed by atoms with Gasteiger partial charge in [-0.3, -0.25) is 10.6 Å². The molecule has 1 aromatic rings. The minimum absolute atomic E-state index is 0.189. The summed E-state index contributed by atoms with van der Waals surface area (Å²) >= 11 is 0. The van der Waals surface area contributed by atoms with Crippen LogP contribution in [0, 0.1) is 17.7 Å². The first-order chi connectivity index (χ1) is 13.6. The molecule has 8 heteroatoms. The Hall–Kier alpha value is -1.61. The van der Waals surface area contributed by atoms with Gasteiger partial charge in [0.1, 0.15) is 17.7 Å². The molecule has 0 amide bonds. The Balaban J connectivity index is 1.43. The van der Waals surface area contributed by atoms with Crippen LogP contribution in [-0.2, 0) is 6.42 Å². The third kappa shape index (κ3) is 3.22. The molecule has 28 heavy (non-hydrogen) atoms. The minimum atomic E-state index is -0.198. The van der Waals surface area contributed by atoms with E-state index in [1.54, 1.807) is 0 Å². The van der Waals surface area contributed by atoms with Gasteiger partial charge < -0.3 is 25.6 Å². The van der Waals surface area contributed by atoms with Crippen molar-refractivity contribution in [2.75, 3.05) is 50.1 Å². The fourth-order valence-corrected chi connectivity index (χ4v) is 5.18. The van der Waals surface area contributed by atoms with Crippen LogP contribution in [0.3, 0.4) is 0 Å². The highest BCUT2D eigenvalue weighted by Gasteiger charge is 2.39. The Morgan fingerprint density at radius 3 is 2.75 bits per heavy atom. The van der Waals surface area contributed by atoms with Gasteiger partial charge in [0, 0.05) is 44.2 Å². The number of nitrogens with zero attached hydrogens (tertiary/aromatic N) is 1.